The van der Waals surface area contributed by atoms with Gasteiger partial charge in [0.05, 0.1) is 6.61 Å². The van der Waals surface area contributed by atoms with Crippen molar-refractivity contribution in [3.63, 3.8) is 0 Å². The van der Waals surface area contributed by atoms with Gasteiger partial charge >= 0.3 is 0 Å². The maximum atomic E-state index is 5.39. The molecule has 1 saturated heterocycles. The fourth-order valence-corrected chi connectivity index (χ4v) is 1.71. The zero-order valence-corrected chi connectivity index (χ0v) is 7.86. The van der Waals surface area contributed by atoms with Gasteiger partial charge in [-0.15, -0.1) is 0 Å². The molecule has 1 unspecified atom stereocenters. The standard InChI is InChI=1S/C10H20O/c1-3-4-5-6-10(2)7-8-11-9-10/h3-9H2,1-2H3. The smallest absolute Gasteiger partial charge is 0.0520 e. The average Bonchev–Trinajstić information content (AvgIpc) is 2.38. The number of rotatable bonds is 4. The largest absolute Gasteiger partial charge is 0.381 e. The molecule has 0 radical (unpaired) electrons. The Hall–Kier alpha value is -0.0400. The third-order valence-electron chi connectivity index (χ3n) is 2.68. The highest BCUT2D eigenvalue weighted by Gasteiger charge is 2.28. The van der Waals surface area contributed by atoms with E-state index in [-0.39, 0.29) is 0 Å². The van der Waals surface area contributed by atoms with Crippen molar-refractivity contribution in [1.29, 1.82) is 0 Å². The minimum Gasteiger partial charge on any atom is -0.381 e. The highest BCUT2D eigenvalue weighted by atomic mass is 16.5. The minimum absolute atomic E-state index is 0.523. The van der Waals surface area contributed by atoms with Gasteiger partial charge in [-0.05, 0) is 18.3 Å². The Morgan fingerprint density at radius 1 is 1.36 bits per heavy atom. The van der Waals surface area contributed by atoms with E-state index in [0.29, 0.717) is 5.41 Å². The van der Waals surface area contributed by atoms with E-state index in [2.05, 4.69) is 13.8 Å². The molecule has 0 aromatic heterocycles. The summed E-state index contributed by atoms with van der Waals surface area (Å²) in [7, 11) is 0. The second-order valence-electron chi connectivity index (χ2n) is 4.07. The molecule has 0 amide bonds. The molecule has 1 nitrogen and oxygen atoms in total. The van der Waals surface area contributed by atoms with Gasteiger partial charge in [-0.2, -0.15) is 0 Å². The lowest BCUT2D eigenvalue weighted by Crippen LogP contribution is -2.15. The lowest BCUT2D eigenvalue weighted by atomic mass is 9.84. The topological polar surface area (TPSA) is 9.23 Å². The Kier molecular flexibility index (Phi) is 3.38. The summed E-state index contributed by atoms with van der Waals surface area (Å²) in [5.41, 5.74) is 0.523. The van der Waals surface area contributed by atoms with Gasteiger partial charge in [0.15, 0.2) is 0 Å². The molecule has 0 spiro atoms. The number of hydrogen-bond donors (Lipinski definition) is 0. The lowest BCUT2D eigenvalue weighted by molar-refractivity contribution is 0.153. The zero-order valence-electron chi connectivity index (χ0n) is 7.86. The highest BCUT2D eigenvalue weighted by Crippen LogP contribution is 2.33. The molecular formula is C10H20O. The molecule has 1 atom stereocenters. The van der Waals surface area contributed by atoms with Gasteiger partial charge in [0.25, 0.3) is 0 Å². The second kappa shape index (κ2) is 4.10. The van der Waals surface area contributed by atoms with E-state index in [9.17, 15) is 0 Å². The molecule has 0 N–H and O–H groups in total. The molecule has 1 rings (SSSR count). The van der Waals surface area contributed by atoms with Crippen molar-refractivity contribution in [3.05, 3.63) is 0 Å². The van der Waals surface area contributed by atoms with E-state index < -0.39 is 0 Å². The van der Waals surface area contributed by atoms with Crippen LogP contribution in [0.2, 0.25) is 0 Å². The van der Waals surface area contributed by atoms with E-state index in [1.807, 2.05) is 0 Å². The summed E-state index contributed by atoms with van der Waals surface area (Å²) in [5, 5.41) is 0. The summed E-state index contributed by atoms with van der Waals surface area (Å²) in [6.45, 7) is 6.60. The number of ether oxygens (including phenoxy) is 1. The third-order valence-corrected chi connectivity index (χ3v) is 2.68. The monoisotopic (exact) mass is 156 g/mol. The molecule has 0 aromatic carbocycles. The highest BCUT2D eigenvalue weighted by molar-refractivity contribution is 4.77. The van der Waals surface area contributed by atoms with E-state index in [4.69, 9.17) is 4.74 Å². The average molecular weight is 156 g/mol. The van der Waals surface area contributed by atoms with E-state index in [0.717, 1.165) is 13.2 Å². The SMILES string of the molecule is CCCCCC1(C)CCOC1. The predicted octanol–water partition coefficient (Wildman–Crippen LogP) is 2.99. The molecule has 1 heteroatoms. The molecule has 0 aliphatic carbocycles. The van der Waals surface area contributed by atoms with Crippen molar-refractivity contribution in [1.82, 2.24) is 0 Å². The number of unbranched alkanes of at least 4 members (excludes halogenated alkanes) is 2. The Balaban J connectivity index is 2.13. The first kappa shape index (κ1) is 9.05. The minimum atomic E-state index is 0.523. The Bertz CT molecular complexity index is 103. The Labute approximate surface area is 70.1 Å². The summed E-state index contributed by atoms with van der Waals surface area (Å²) in [6, 6.07) is 0. The molecule has 0 saturated carbocycles. The van der Waals surface area contributed by atoms with Crippen LogP contribution in [0.5, 0.6) is 0 Å². The Morgan fingerprint density at radius 3 is 2.73 bits per heavy atom. The summed E-state index contributed by atoms with van der Waals surface area (Å²) in [5.74, 6) is 0. The zero-order chi connectivity index (χ0) is 8.16. The van der Waals surface area contributed by atoms with Crippen LogP contribution in [-0.2, 0) is 4.74 Å². The van der Waals surface area contributed by atoms with Gasteiger partial charge in [0, 0.05) is 6.61 Å². The van der Waals surface area contributed by atoms with Crippen LogP contribution in [-0.4, -0.2) is 13.2 Å². The fourth-order valence-electron chi connectivity index (χ4n) is 1.71. The van der Waals surface area contributed by atoms with Crippen LogP contribution in [0.4, 0.5) is 0 Å². The van der Waals surface area contributed by atoms with Crippen molar-refractivity contribution in [3.8, 4) is 0 Å². The van der Waals surface area contributed by atoms with Gasteiger partial charge in [0.2, 0.25) is 0 Å². The summed E-state index contributed by atoms with van der Waals surface area (Å²) < 4.78 is 5.39. The fraction of sp³-hybridized carbons (Fsp3) is 1.00. The van der Waals surface area contributed by atoms with Crippen molar-refractivity contribution in [2.24, 2.45) is 5.41 Å². The summed E-state index contributed by atoms with van der Waals surface area (Å²) in [4.78, 5) is 0. The molecular weight excluding hydrogens is 136 g/mol. The molecule has 1 aliphatic rings. The van der Waals surface area contributed by atoms with E-state index in [1.165, 1.54) is 32.1 Å². The van der Waals surface area contributed by atoms with Gasteiger partial charge in [-0.3, -0.25) is 0 Å². The van der Waals surface area contributed by atoms with Crippen LogP contribution in [0.1, 0.15) is 46.0 Å². The van der Waals surface area contributed by atoms with Crippen LogP contribution in [0, 0.1) is 5.41 Å². The molecule has 11 heavy (non-hydrogen) atoms. The third kappa shape index (κ3) is 2.82. The van der Waals surface area contributed by atoms with Gasteiger partial charge in [0.1, 0.15) is 0 Å². The molecule has 1 aliphatic heterocycles. The van der Waals surface area contributed by atoms with Crippen LogP contribution in [0.15, 0.2) is 0 Å². The normalized spacial score (nSPS) is 31.1. The van der Waals surface area contributed by atoms with Gasteiger partial charge in [-0.25, -0.2) is 0 Å². The Morgan fingerprint density at radius 2 is 2.18 bits per heavy atom. The van der Waals surface area contributed by atoms with Crippen LogP contribution in [0.25, 0.3) is 0 Å². The number of hydrogen-bond acceptors (Lipinski definition) is 1. The van der Waals surface area contributed by atoms with Crippen LogP contribution in [0.3, 0.4) is 0 Å². The van der Waals surface area contributed by atoms with Crippen molar-refractivity contribution in [2.75, 3.05) is 13.2 Å². The second-order valence-corrected chi connectivity index (χ2v) is 4.07. The van der Waals surface area contributed by atoms with Gasteiger partial charge < -0.3 is 4.74 Å². The first-order valence-corrected chi connectivity index (χ1v) is 4.85. The predicted molar refractivity (Wildman–Crippen MR) is 47.7 cm³/mol. The van der Waals surface area contributed by atoms with E-state index >= 15 is 0 Å². The summed E-state index contributed by atoms with van der Waals surface area (Å²) in [6.07, 6.45) is 6.74. The lowest BCUT2D eigenvalue weighted by Gasteiger charge is -2.20. The maximum absolute atomic E-state index is 5.39. The molecule has 1 heterocycles. The molecule has 1 fully saturated rings. The van der Waals surface area contributed by atoms with Crippen LogP contribution < -0.4 is 0 Å². The van der Waals surface area contributed by atoms with Gasteiger partial charge in [-0.1, -0.05) is 33.1 Å². The van der Waals surface area contributed by atoms with E-state index in [1.54, 1.807) is 0 Å². The van der Waals surface area contributed by atoms with Crippen molar-refractivity contribution in [2.45, 2.75) is 46.0 Å². The first-order valence-electron chi connectivity index (χ1n) is 4.85. The first-order chi connectivity index (χ1) is 5.27. The van der Waals surface area contributed by atoms with Crippen molar-refractivity contribution >= 4 is 0 Å². The molecule has 0 bridgehead atoms. The maximum Gasteiger partial charge on any atom is 0.0520 e. The molecule has 0 aromatic rings. The summed E-state index contributed by atoms with van der Waals surface area (Å²) >= 11 is 0. The van der Waals surface area contributed by atoms with Crippen molar-refractivity contribution < 1.29 is 4.74 Å². The quantitative estimate of drug-likeness (QED) is 0.568. The van der Waals surface area contributed by atoms with Crippen LogP contribution >= 0.6 is 0 Å². The molecule has 66 valence electrons.